The van der Waals surface area contributed by atoms with Gasteiger partial charge in [-0.25, -0.2) is 5.48 Å². The molecule has 0 aliphatic heterocycles. The summed E-state index contributed by atoms with van der Waals surface area (Å²) in [7, 11) is -1.66. The molecule has 0 radical (unpaired) electrons. The molecule has 2 N–H and O–H groups in total. The molecule has 0 aliphatic rings. The molecule has 0 saturated carbocycles. The summed E-state index contributed by atoms with van der Waals surface area (Å²) in [6, 6.07) is 0. The molecule has 1 unspecified atom stereocenters. The Morgan fingerprint density at radius 2 is 1.85 bits per heavy atom. The van der Waals surface area contributed by atoms with Crippen molar-refractivity contribution in [2.24, 2.45) is 0 Å². The highest BCUT2D eigenvalue weighted by molar-refractivity contribution is 6.74. The van der Waals surface area contributed by atoms with Crippen molar-refractivity contribution in [2.75, 3.05) is 6.54 Å². The molecule has 0 aliphatic carbocycles. The summed E-state index contributed by atoms with van der Waals surface area (Å²) in [5.41, 5.74) is 2.14. The van der Waals surface area contributed by atoms with Crippen molar-refractivity contribution in [3.05, 3.63) is 0 Å². The van der Waals surface area contributed by atoms with E-state index in [4.69, 9.17) is 9.63 Å². The van der Waals surface area contributed by atoms with Gasteiger partial charge in [0.05, 0.1) is 6.10 Å². The molecule has 0 bridgehead atoms. The Morgan fingerprint density at radius 1 is 1.38 bits per heavy atom. The molecule has 0 amide bonds. The van der Waals surface area contributed by atoms with Gasteiger partial charge in [-0.3, -0.25) is 0 Å². The Labute approximate surface area is 82.6 Å². The lowest BCUT2D eigenvalue weighted by atomic mass is 10.2. The van der Waals surface area contributed by atoms with Crippen LogP contribution in [0.3, 0.4) is 0 Å². The minimum atomic E-state index is -1.66. The third-order valence-corrected chi connectivity index (χ3v) is 7.28. The molecule has 80 valence electrons. The van der Waals surface area contributed by atoms with E-state index in [0.29, 0.717) is 6.54 Å². The van der Waals surface area contributed by atoms with Gasteiger partial charge in [0.25, 0.3) is 0 Å². The third-order valence-electron chi connectivity index (χ3n) is 2.68. The normalized spacial score (nSPS) is 15.9. The van der Waals surface area contributed by atoms with Crippen LogP contribution in [0.1, 0.15) is 27.7 Å². The first-order valence-corrected chi connectivity index (χ1v) is 7.66. The summed E-state index contributed by atoms with van der Waals surface area (Å²) < 4.78 is 5.96. The lowest BCUT2D eigenvalue weighted by Crippen LogP contribution is -2.45. The smallest absolute Gasteiger partial charge is 0.192 e. The van der Waals surface area contributed by atoms with Crippen molar-refractivity contribution in [1.82, 2.24) is 5.48 Å². The van der Waals surface area contributed by atoms with Gasteiger partial charge >= 0.3 is 0 Å². The molecule has 0 rings (SSSR count). The molecule has 0 aromatic carbocycles. The topological polar surface area (TPSA) is 41.5 Å². The van der Waals surface area contributed by atoms with Crippen molar-refractivity contribution in [2.45, 2.75) is 51.9 Å². The Bertz CT molecular complexity index is 154. The second-order valence-electron chi connectivity index (χ2n) is 5.05. The predicted molar refractivity (Wildman–Crippen MR) is 57.5 cm³/mol. The average molecular weight is 205 g/mol. The Morgan fingerprint density at radius 3 is 2.15 bits per heavy atom. The maximum atomic E-state index is 8.52. The third kappa shape index (κ3) is 4.22. The van der Waals surface area contributed by atoms with Crippen molar-refractivity contribution in [3.8, 4) is 0 Å². The molecule has 4 heteroatoms. The Hall–Kier alpha value is 0.0969. The molecule has 1 atom stereocenters. The van der Waals surface area contributed by atoms with E-state index in [2.05, 4.69) is 39.3 Å². The predicted octanol–water partition coefficient (Wildman–Crippen LogP) is 2.38. The van der Waals surface area contributed by atoms with Gasteiger partial charge in [0.2, 0.25) is 0 Å². The maximum absolute atomic E-state index is 8.52. The summed E-state index contributed by atoms with van der Waals surface area (Å²) in [5, 5.41) is 8.75. The van der Waals surface area contributed by atoms with E-state index in [1.165, 1.54) is 0 Å². The molecule has 0 fully saturated rings. The van der Waals surface area contributed by atoms with Crippen molar-refractivity contribution < 1.29 is 9.63 Å². The summed E-state index contributed by atoms with van der Waals surface area (Å²) in [6.45, 7) is 13.5. The van der Waals surface area contributed by atoms with Crippen LogP contribution in [0.5, 0.6) is 0 Å². The highest BCUT2D eigenvalue weighted by Crippen LogP contribution is 2.37. The SMILES string of the molecule is CC(CNO)O[Si](C)(C)C(C)(C)C. The average Bonchev–Trinajstić information content (AvgIpc) is 1.83. The van der Waals surface area contributed by atoms with Crippen molar-refractivity contribution in [3.63, 3.8) is 0 Å². The number of hydrogen-bond acceptors (Lipinski definition) is 3. The number of hydrogen-bond donors (Lipinski definition) is 2. The van der Waals surface area contributed by atoms with Crippen LogP contribution in [0.2, 0.25) is 18.1 Å². The van der Waals surface area contributed by atoms with E-state index in [1.807, 2.05) is 6.92 Å². The second-order valence-corrected chi connectivity index (χ2v) is 9.81. The summed E-state index contributed by atoms with van der Waals surface area (Å²) in [5.74, 6) is 0. The standard InChI is InChI=1S/C9H23NO2Si/c1-8(7-10-11)12-13(5,6)9(2,3)4/h8,10-11H,7H2,1-6H3. The van der Waals surface area contributed by atoms with Crippen LogP contribution in [0.4, 0.5) is 0 Å². The summed E-state index contributed by atoms with van der Waals surface area (Å²) in [4.78, 5) is 0. The minimum Gasteiger partial charge on any atom is -0.413 e. The van der Waals surface area contributed by atoms with Crippen LogP contribution in [0, 0.1) is 0 Å². The number of hydroxylamine groups is 1. The highest BCUT2D eigenvalue weighted by atomic mass is 28.4. The van der Waals surface area contributed by atoms with Gasteiger partial charge in [0, 0.05) is 6.54 Å². The van der Waals surface area contributed by atoms with Gasteiger partial charge in [-0.2, -0.15) is 0 Å². The van der Waals surface area contributed by atoms with Crippen LogP contribution < -0.4 is 5.48 Å². The molecule has 0 aromatic rings. The lowest BCUT2D eigenvalue weighted by Gasteiger charge is -2.38. The monoisotopic (exact) mass is 205 g/mol. The van der Waals surface area contributed by atoms with Crippen LogP contribution >= 0.6 is 0 Å². The van der Waals surface area contributed by atoms with Crippen LogP contribution in [0.15, 0.2) is 0 Å². The van der Waals surface area contributed by atoms with Crippen molar-refractivity contribution >= 4 is 8.32 Å². The first-order valence-electron chi connectivity index (χ1n) is 4.75. The zero-order chi connectivity index (χ0) is 10.7. The maximum Gasteiger partial charge on any atom is 0.192 e. The summed E-state index contributed by atoms with van der Waals surface area (Å²) >= 11 is 0. The fourth-order valence-electron chi connectivity index (χ4n) is 0.850. The van der Waals surface area contributed by atoms with E-state index < -0.39 is 8.32 Å². The van der Waals surface area contributed by atoms with Gasteiger partial charge < -0.3 is 9.63 Å². The second kappa shape index (κ2) is 4.55. The number of rotatable bonds is 4. The van der Waals surface area contributed by atoms with Gasteiger partial charge in [-0.15, -0.1) is 0 Å². The van der Waals surface area contributed by atoms with Crippen LogP contribution in [0.25, 0.3) is 0 Å². The van der Waals surface area contributed by atoms with Crippen LogP contribution in [-0.2, 0) is 4.43 Å². The van der Waals surface area contributed by atoms with E-state index in [-0.39, 0.29) is 11.1 Å². The fraction of sp³-hybridized carbons (Fsp3) is 1.00. The molecule has 0 aromatic heterocycles. The molecule has 3 nitrogen and oxygen atoms in total. The zero-order valence-corrected chi connectivity index (χ0v) is 10.6. The minimum absolute atomic E-state index is 0.0749. The lowest BCUT2D eigenvalue weighted by molar-refractivity contribution is 0.106. The molecule has 0 saturated heterocycles. The zero-order valence-electron chi connectivity index (χ0n) is 9.64. The van der Waals surface area contributed by atoms with E-state index >= 15 is 0 Å². The quantitative estimate of drug-likeness (QED) is 0.547. The molecular weight excluding hydrogens is 182 g/mol. The van der Waals surface area contributed by atoms with Crippen LogP contribution in [-0.4, -0.2) is 26.2 Å². The molecule has 0 spiro atoms. The molecular formula is C9H23NO2Si. The summed E-state index contributed by atoms with van der Waals surface area (Å²) in [6.07, 6.45) is 0.0749. The molecule has 0 heterocycles. The fourth-order valence-corrected chi connectivity index (χ4v) is 2.29. The van der Waals surface area contributed by atoms with E-state index in [0.717, 1.165) is 0 Å². The van der Waals surface area contributed by atoms with Gasteiger partial charge in [0.15, 0.2) is 8.32 Å². The first-order chi connectivity index (χ1) is 5.70. The van der Waals surface area contributed by atoms with Gasteiger partial charge in [-0.05, 0) is 25.1 Å². The van der Waals surface area contributed by atoms with Gasteiger partial charge in [0.1, 0.15) is 0 Å². The van der Waals surface area contributed by atoms with Crippen molar-refractivity contribution in [1.29, 1.82) is 0 Å². The van der Waals surface area contributed by atoms with E-state index in [1.54, 1.807) is 0 Å². The number of nitrogens with one attached hydrogen (secondary N) is 1. The largest absolute Gasteiger partial charge is 0.413 e. The highest BCUT2D eigenvalue weighted by Gasteiger charge is 2.38. The Kier molecular flexibility index (Phi) is 4.58. The Balaban J connectivity index is 4.17. The van der Waals surface area contributed by atoms with E-state index in [9.17, 15) is 0 Å². The van der Waals surface area contributed by atoms with Gasteiger partial charge in [-0.1, -0.05) is 20.8 Å². The molecule has 13 heavy (non-hydrogen) atoms. The first kappa shape index (κ1) is 13.1.